The number of carbonyl (C=O) groups excluding carboxylic acids is 2. The van der Waals surface area contributed by atoms with Gasteiger partial charge in [-0.2, -0.15) is 11.3 Å². The zero-order valence-electron chi connectivity index (χ0n) is 24.2. The predicted octanol–water partition coefficient (Wildman–Crippen LogP) is 6.52. The van der Waals surface area contributed by atoms with E-state index < -0.39 is 24.0 Å². The maximum atomic E-state index is 13.6. The zero-order chi connectivity index (χ0) is 30.6. The lowest BCUT2D eigenvalue weighted by atomic mass is 9.99. The van der Waals surface area contributed by atoms with Crippen LogP contribution in [0.25, 0.3) is 0 Å². The van der Waals surface area contributed by atoms with Crippen molar-refractivity contribution in [1.82, 2.24) is 5.32 Å². The van der Waals surface area contributed by atoms with E-state index in [1.54, 1.807) is 36.5 Å². The molecule has 2 N–H and O–H groups in total. The Hall–Kier alpha value is -4.63. The Bertz CT molecular complexity index is 1500. The van der Waals surface area contributed by atoms with Gasteiger partial charge in [-0.1, -0.05) is 54.6 Å². The number of carboxylic acid groups (broad SMARTS) is 1. The van der Waals surface area contributed by atoms with Crippen LogP contribution in [-0.2, 0) is 27.4 Å². The van der Waals surface area contributed by atoms with Gasteiger partial charge in [-0.25, -0.2) is 4.79 Å². The molecule has 0 aliphatic rings. The molecular formula is C34H35NO7S. The number of esters is 1. The largest absolute Gasteiger partial charge is 0.489 e. The number of amides is 1. The van der Waals surface area contributed by atoms with Gasteiger partial charge >= 0.3 is 11.9 Å². The van der Waals surface area contributed by atoms with Crippen molar-refractivity contribution in [3.63, 3.8) is 0 Å². The summed E-state index contributed by atoms with van der Waals surface area (Å²) in [4.78, 5) is 38.0. The van der Waals surface area contributed by atoms with Crippen LogP contribution in [0.2, 0.25) is 0 Å². The minimum Gasteiger partial charge on any atom is -0.489 e. The highest BCUT2D eigenvalue weighted by atomic mass is 32.1. The van der Waals surface area contributed by atoms with Crippen LogP contribution in [0.3, 0.4) is 0 Å². The van der Waals surface area contributed by atoms with Gasteiger partial charge in [0.15, 0.2) is 0 Å². The third-order valence-electron chi connectivity index (χ3n) is 6.79. The molecule has 0 saturated heterocycles. The van der Waals surface area contributed by atoms with Gasteiger partial charge in [0.05, 0.1) is 12.2 Å². The van der Waals surface area contributed by atoms with Crippen LogP contribution < -0.4 is 14.8 Å². The Kier molecular flexibility index (Phi) is 11.3. The third-order valence-corrected chi connectivity index (χ3v) is 7.52. The zero-order valence-corrected chi connectivity index (χ0v) is 25.0. The lowest BCUT2D eigenvalue weighted by Gasteiger charge is -2.24. The maximum absolute atomic E-state index is 13.6. The topological polar surface area (TPSA) is 111 Å². The molecule has 2 atom stereocenters. The van der Waals surface area contributed by atoms with Crippen molar-refractivity contribution in [2.75, 3.05) is 6.61 Å². The van der Waals surface area contributed by atoms with Gasteiger partial charge in [0.2, 0.25) is 0 Å². The first kappa shape index (κ1) is 31.3. The highest BCUT2D eigenvalue weighted by Crippen LogP contribution is 2.33. The van der Waals surface area contributed by atoms with E-state index in [0.717, 1.165) is 22.3 Å². The van der Waals surface area contributed by atoms with Gasteiger partial charge in [0.1, 0.15) is 30.3 Å². The van der Waals surface area contributed by atoms with Crippen LogP contribution in [0.15, 0.2) is 89.6 Å². The number of hydrogen-bond donors (Lipinski definition) is 2. The molecule has 43 heavy (non-hydrogen) atoms. The number of ether oxygens (including phenoxy) is 3. The monoisotopic (exact) mass is 601 g/mol. The average Bonchev–Trinajstić information content (AvgIpc) is 3.53. The van der Waals surface area contributed by atoms with E-state index in [0.29, 0.717) is 18.8 Å². The molecule has 4 rings (SSSR count). The molecule has 1 aromatic heterocycles. The Morgan fingerprint density at radius 3 is 2.42 bits per heavy atom. The Morgan fingerprint density at radius 2 is 1.72 bits per heavy atom. The van der Waals surface area contributed by atoms with Gasteiger partial charge < -0.3 is 24.6 Å². The molecule has 4 aromatic rings. The lowest BCUT2D eigenvalue weighted by Crippen LogP contribution is -2.42. The first-order valence-corrected chi connectivity index (χ1v) is 15.0. The maximum Gasteiger partial charge on any atom is 0.326 e. The fourth-order valence-corrected chi connectivity index (χ4v) is 5.22. The average molecular weight is 602 g/mol. The molecule has 0 spiro atoms. The quantitative estimate of drug-likeness (QED) is 0.149. The Balaban J connectivity index is 1.65. The fourth-order valence-electron chi connectivity index (χ4n) is 4.57. The molecule has 0 aliphatic heterocycles. The summed E-state index contributed by atoms with van der Waals surface area (Å²) < 4.78 is 17.6. The van der Waals surface area contributed by atoms with Crippen LogP contribution in [0.4, 0.5) is 0 Å². The highest BCUT2D eigenvalue weighted by molar-refractivity contribution is 7.07. The summed E-state index contributed by atoms with van der Waals surface area (Å²) in [6, 6.07) is 22.4. The molecule has 3 aromatic carbocycles. The summed E-state index contributed by atoms with van der Waals surface area (Å²) in [5.41, 5.74) is 3.75. The standard InChI is InChI=1S/C34H35NO7S/c1-3-40-32(36)16-15-30(27-12-8-7-9-23(27)2)42-31-20-26(41-21-25-17-18-43-22-25)13-14-28(31)33(37)35-29(34(38)39)19-24-10-5-4-6-11-24/h4-14,17-18,20,22,29-30H,3,15-16,19,21H2,1-2H3,(H,35,37)(H,38,39). The van der Waals surface area contributed by atoms with Crippen molar-refractivity contribution in [2.24, 2.45) is 0 Å². The Labute approximate surface area is 255 Å². The van der Waals surface area contributed by atoms with Crippen molar-refractivity contribution >= 4 is 29.2 Å². The first-order chi connectivity index (χ1) is 20.8. The number of nitrogens with one attached hydrogen (secondary N) is 1. The normalized spacial score (nSPS) is 12.1. The van der Waals surface area contributed by atoms with Gasteiger partial charge in [-0.3, -0.25) is 9.59 Å². The summed E-state index contributed by atoms with van der Waals surface area (Å²) in [6.45, 7) is 4.31. The lowest BCUT2D eigenvalue weighted by molar-refractivity contribution is -0.143. The minimum absolute atomic E-state index is 0.112. The van der Waals surface area contributed by atoms with Crippen LogP contribution in [-0.4, -0.2) is 35.6 Å². The molecule has 0 radical (unpaired) electrons. The summed E-state index contributed by atoms with van der Waals surface area (Å²) >= 11 is 1.57. The molecule has 224 valence electrons. The van der Waals surface area contributed by atoms with E-state index in [2.05, 4.69) is 5.32 Å². The van der Waals surface area contributed by atoms with E-state index in [9.17, 15) is 19.5 Å². The Morgan fingerprint density at radius 1 is 0.953 bits per heavy atom. The summed E-state index contributed by atoms with van der Waals surface area (Å²) in [5, 5.41) is 16.5. The number of carboxylic acids is 1. The highest BCUT2D eigenvalue weighted by Gasteiger charge is 2.26. The van der Waals surface area contributed by atoms with E-state index in [-0.39, 0.29) is 36.7 Å². The van der Waals surface area contributed by atoms with Crippen LogP contribution in [0, 0.1) is 6.92 Å². The minimum atomic E-state index is -1.16. The van der Waals surface area contributed by atoms with Crippen molar-refractivity contribution in [2.45, 2.75) is 51.9 Å². The molecule has 1 heterocycles. The molecule has 0 saturated carbocycles. The first-order valence-electron chi connectivity index (χ1n) is 14.1. The molecule has 0 fully saturated rings. The van der Waals surface area contributed by atoms with Gasteiger partial charge in [0, 0.05) is 18.9 Å². The number of carbonyl (C=O) groups is 3. The van der Waals surface area contributed by atoms with Crippen molar-refractivity contribution < 1.29 is 33.7 Å². The van der Waals surface area contributed by atoms with Crippen molar-refractivity contribution in [1.29, 1.82) is 0 Å². The van der Waals surface area contributed by atoms with Crippen LogP contribution >= 0.6 is 11.3 Å². The number of aliphatic carboxylic acids is 1. The second-order valence-electron chi connectivity index (χ2n) is 9.94. The third kappa shape index (κ3) is 9.18. The van der Waals surface area contributed by atoms with E-state index in [4.69, 9.17) is 14.2 Å². The molecule has 0 aliphatic carbocycles. The molecule has 9 heteroatoms. The number of hydrogen-bond acceptors (Lipinski definition) is 7. The van der Waals surface area contributed by atoms with Gasteiger partial charge in [-0.05, 0) is 71.5 Å². The number of benzene rings is 3. The van der Waals surface area contributed by atoms with Gasteiger partial charge in [-0.15, -0.1) is 0 Å². The second-order valence-corrected chi connectivity index (χ2v) is 10.7. The second kappa shape index (κ2) is 15.6. The summed E-state index contributed by atoms with van der Waals surface area (Å²) in [7, 11) is 0. The van der Waals surface area contributed by atoms with Crippen LogP contribution in [0.5, 0.6) is 11.5 Å². The summed E-state index contributed by atoms with van der Waals surface area (Å²) in [6.07, 6.45) is -0.0632. The fraction of sp³-hybridized carbons (Fsp3) is 0.265. The molecular weight excluding hydrogens is 566 g/mol. The molecule has 0 bridgehead atoms. The van der Waals surface area contributed by atoms with E-state index in [1.807, 2.05) is 78.3 Å². The number of rotatable bonds is 15. The molecule has 2 unspecified atom stereocenters. The SMILES string of the molecule is CCOC(=O)CCC(Oc1cc(OCc2ccsc2)ccc1C(=O)NC(Cc1ccccc1)C(=O)O)c1ccccc1C. The van der Waals surface area contributed by atoms with E-state index >= 15 is 0 Å². The molecule has 1 amide bonds. The van der Waals surface area contributed by atoms with E-state index in [1.165, 1.54) is 0 Å². The van der Waals surface area contributed by atoms with Crippen molar-refractivity contribution in [3.05, 3.63) is 117 Å². The number of aryl methyl sites for hydroxylation is 1. The van der Waals surface area contributed by atoms with Crippen molar-refractivity contribution in [3.8, 4) is 11.5 Å². The molecule has 8 nitrogen and oxygen atoms in total. The van der Waals surface area contributed by atoms with Gasteiger partial charge in [0.25, 0.3) is 5.91 Å². The number of thiophene rings is 1. The van der Waals surface area contributed by atoms with Crippen LogP contribution in [0.1, 0.15) is 58.5 Å². The summed E-state index contributed by atoms with van der Waals surface area (Å²) in [5.74, 6) is -1.41. The predicted molar refractivity (Wildman–Crippen MR) is 165 cm³/mol. The smallest absolute Gasteiger partial charge is 0.326 e.